The highest BCUT2D eigenvalue weighted by atomic mass is 32.1. The SMILES string of the molecule is COc1ccc(C2(C)NC(=O)N(CC(=O)NCCc3csc(-c4ccc(C)cc4)n3)C2=O)cc1. The van der Waals surface area contributed by atoms with E-state index in [-0.39, 0.29) is 6.54 Å². The van der Waals surface area contributed by atoms with Gasteiger partial charge in [0.2, 0.25) is 5.91 Å². The van der Waals surface area contributed by atoms with Gasteiger partial charge >= 0.3 is 6.03 Å². The number of rotatable bonds is 8. The van der Waals surface area contributed by atoms with E-state index in [2.05, 4.69) is 15.6 Å². The molecule has 4 amide bonds. The Hall–Kier alpha value is -3.72. The van der Waals surface area contributed by atoms with Gasteiger partial charge in [-0.1, -0.05) is 42.0 Å². The molecule has 1 unspecified atom stereocenters. The molecule has 0 bridgehead atoms. The quantitative estimate of drug-likeness (QED) is 0.484. The molecule has 1 aromatic heterocycles. The van der Waals surface area contributed by atoms with Crippen LogP contribution in [0.3, 0.4) is 0 Å². The van der Waals surface area contributed by atoms with Crippen LogP contribution in [-0.4, -0.2) is 47.9 Å². The van der Waals surface area contributed by atoms with E-state index in [4.69, 9.17) is 4.74 Å². The van der Waals surface area contributed by atoms with Crippen molar-refractivity contribution < 1.29 is 19.1 Å². The van der Waals surface area contributed by atoms with Crippen molar-refractivity contribution in [3.63, 3.8) is 0 Å². The normalized spacial score (nSPS) is 17.6. The standard InChI is InChI=1S/C25H26N4O4S/c1-16-4-6-17(7-5-16)22-27-19(15-34-22)12-13-26-21(30)14-29-23(31)25(2,28-24(29)32)18-8-10-20(33-3)11-9-18/h4-11,15H,12-14H2,1-3H3,(H,26,30)(H,28,32). The zero-order chi connectivity index (χ0) is 24.3. The number of benzene rings is 2. The molecule has 0 saturated carbocycles. The molecule has 0 spiro atoms. The highest BCUT2D eigenvalue weighted by molar-refractivity contribution is 7.13. The van der Waals surface area contributed by atoms with E-state index in [1.807, 2.05) is 36.6 Å². The van der Waals surface area contributed by atoms with Crippen molar-refractivity contribution in [2.45, 2.75) is 25.8 Å². The van der Waals surface area contributed by atoms with Gasteiger partial charge in [-0.05, 0) is 31.5 Å². The minimum Gasteiger partial charge on any atom is -0.497 e. The fraction of sp³-hybridized carbons (Fsp3) is 0.280. The number of aromatic nitrogens is 1. The molecule has 0 radical (unpaired) electrons. The molecule has 2 heterocycles. The Morgan fingerprint density at radius 3 is 2.53 bits per heavy atom. The number of nitrogens with one attached hydrogen (secondary N) is 2. The van der Waals surface area contributed by atoms with E-state index < -0.39 is 23.4 Å². The summed E-state index contributed by atoms with van der Waals surface area (Å²) in [5.74, 6) is -0.233. The van der Waals surface area contributed by atoms with Crippen molar-refractivity contribution in [1.29, 1.82) is 0 Å². The summed E-state index contributed by atoms with van der Waals surface area (Å²) in [6, 6.07) is 14.5. The third kappa shape index (κ3) is 4.79. The van der Waals surface area contributed by atoms with E-state index in [0.717, 1.165) is 21.2 Å². The van der Waals surface area contributed by atoms with Crippen LogP contribution in [0, 0.1) is 6.92 Å². The van der Waals surface area contributed by atoms with Crippen molar-refractivity contribution in [1.82, 2.24) is 20.5 Å². The number of ether oxygens (including phenoxy) is 1. The van der Waals surface area contributed by atoms with Gasteiger partial charge in [0.25, 0.3) is 5.91 Å². The van der Waals surface area contributed by atoms with Crippen LogP contribution < -0.4 is 15.4 Å². The molecule has 1 saturated heterocycles. The molecule has 1 fully saturated rings. The number of amides is 4. The third-order valence-electron chi connectivity index (χ3n) is 5.80. The van der Waals surface area contributed by atoms with Gasteiger partial charge in [0.1, 0.15) is 22.8 Å². The Morgan fingerprint density at radius 1 is 1.15 bits per heavy atom. The first-order chi connectivity index (χ1) is 16.3. The number of carbonyl (C=O) groups is 3. The van der Waals surface area contributed by atoms with Gasteiger partial charge < -0.3 is 15.4 Å². The van der Waals surface area contributed by atoms with Gasteiger partial charge in [0.15, 0.2) is 0 Å². The third-order valence-corrected chi connectivity index (χ3v) is 6.74. The topological polar surface area (TPSA) is 101 Å². The summed E-state index contributed by atoms with van der Waals surface area (Å²) in [6.07, 6.45) is 0.553. The molecule has 1 atom stereocenters. The van der Waals surface area contributed by atoms with E-state index >= 15 is 0 Å². The summed E-state index contributed by atoms with van der Waals surface area (Å²) in [5, 5.41) is 8.37. The lowest BCUT2D eigenvalue weighted by Gasteiger charge is -2.22. The van der Waals surface area contributed by atoms with Crippen LogP contribution in [0.5, 0.6) is 5.75 Å². The van der Waals surface area contributed by atoms with E-state index in [1.165, 1.54) is 5.56 Å². The molecule has 1 aliphatic rings. The summed E-state index contributed by atoms with van der Waals surface area (Å²) in [7, 11) is 1.55. The Kier molecular flexibility index (Phi) is 6.65. The molecule has 4 rings (SSSR count). The number of urea groups is 1. The lowest BCUT2D eigenvalue weighted by molar-refractivity contribution is -0.134. The molecule has 8 nitrogen and oxygen atoms in total. The Bertz CT molecular complexity index is 1210. The fourth-order valence-corrected chi connectivity index (χ4v) is 4.60. The highest BCUT2D eigenvalue weighted by Crippen LogP contribution is 2.30. The van der Waals surface area contributed by atoms with Crippen LogP contribution in [0.1, 0.15) is 23.7 Å². The Balaban J connectivity index is 1.31. The number of methoxy groups -OCH3 is 1. The number of imide groups is 1. The predicted octanol–water partition coefficient (Wildman–Crippen LogP) is 3.25. The van der Waals surface area contributed by atoms with Crippen molar-refractivity contribution in [2.75, 3.05) is 20.2 Å². The first-order valence-electron chi connectivity index (χ1n) is 10.9. The minimum atomic E-state index is -1.24. The van der Waals surface area contributed by atoms with Crippen LogP contribution >= 0.6 is 11.3 Å². The molecule has 3 aromatic rings. The molecule has 0 aliphatic carbocycles. The fourth-order valence-electron chi connectivity index (χ4n) is 3.74. The lowest BCUT2D eigenvalue weighted by atomic mass is 9.92. The maximum atomic E-state index is 13.0. The smallest absolute Gasteiger partial charge is 0.325 e. The molecule has 34 heavy (non-hydrogen) atoms. The van der Waals surface area contributed by atoms with Crippen LogP contribution in [0.2, 0.25) is 0 Å². The van der Waals surface area contributed by atoms with Gasteiger partial charge in [-0.25, -0.2) is 9.78 Å². The second-order valence-electron chi connectivity index (χ2n) is 8.28. The number of aryl methyl sites for hydroxylation is 1. The molecule has 9 heteroatoms. The summed E-state index contributed by atoms with van der Waals surface area (Å²) in [6.45, 7) is 3.68. The summed E-state index contributed by atoms with van der Waals surface area (Å²) in [5.41, 5.74) is 2.50. The molecule has 176 valence electrons. The number of hydrogen-bond donors (Lipinski definition) is 2. The zero-order valence-corrected chi connectivity index (χ0v) is 20.1. The Morgan fingerprint density at radius 2 is 1.85 bits per heavy atom. The molecular formula is C25H26N4O4S. The van der Waals surface area contributed by atoms with Gasteiger partial charge in [-0.15, -0.1) is 11.3 Å². The summed E-state index contributed by atoms with van der Waals surface area (Å²) < 4.78 is 5.14. The van der Waals surface area contributed by atoms with E-state index in [0.29, 0.717) is 24.3 Å². The van der Waals surface area contributed by atoms with E-state index in [9.17, 15) is 14.4 Å². The van der Waals surface area contributed by atoms with Crippen molar-refractivity contribution in [2.24, 2.45) is 0 Å². The molecule has 1 aliphatic heterocycles. The summed E-state index contributed by atoms with van der Waals surface area (Å²) in [4.78, 5) is 43.5. The molecule has 2 aromatic carbocycles. The van der Waals surface area contributed by atoms with Crippen LogP contribution in [0.15, 0.2) is 53.9 Å². The molecule has 2 N–H and O–H groups in total. The minimum absolute atomic E-state index is 0.345. The van der Waals surface area contributed by atoms with Crippen molar-refractivity contribution in [3.8, 4) is 16.3 Å². The van der Waals surface area contributed by atoms with Crippen LogP contribution in [0.25, 0.3) is 10.6 Å². The first-order valence-corrected chi connectivity index (χ1v) is 11.7. The Labute approximate surface area is 202 Å². The molecular weight excluding hydrogens is 452 g/mol. The largest absolute Gasteiger partial charge is 0.497 e. The van der Waals surface area contributed by atoms with Gasteiger partial charge in [-0.2, -0.15) is 0 Å². The second kappa shape index (κ2) is 9.64. The highest BCUT2D eigenvalue weighted by Gasteiger charge is 2.49. The summed E-state index contributed by atoms with van der Waals surface area (Å²) >= 11 is 1.56. The number of thiazole rings is 1. The van der Waals surface area contributed by atoms with Crippen LogP contribution in [0.4, 0.5) is 4.79 Å². The average molecular weight is 479 g/mol. The average Bonchev–Trinajstić information content (AvgIpc) is 3.38. The van der Waals surface area contributed by atoms with Crippen molar-refractivity contribution >= 4 is 29.2 Å². The zero-order valence-electron chi connectivity index (χ0n) is 19.3. The lowest BCUT2D eigenvalue weighted by Crippen LogP contribution is -2.43. The number of carbonyl (C=O) groups excluding carboxylic acids is 3. The van der Waals surface area contributed by atoms with E-state index in [1.54, 1.807) is 49.6 Å². The van der Waals surface area contributed by atoms with Crippen molar-refractivity contribution in [3.05, 3.63) is 70.7 Å². The maximum absolute atomic E-state index is 13.0. The second-order valence-corrected chi connectivity index (χ2v) is 9.14. The van der Waals surface area contributed by atoms with Crippen LogP contribution in [-0.2, 0) is 21.5 Å². The number of nitrogens with zero attached hydrogens (tertiary/aromatic N) is 2. The predicted molar refractivity (Wildman–Crippen MR) is 130 cm³/mol. The maximum Gasteiger partial charge on any atom is 0.325 e. The van der Waals surface area contributed by atoms with Gasteiger partial charge in [0.05, 0.1) is 12.8 Å². The first kappa shape index (κ1) is 23.4. The van der Waals surface area contributed by atoms with Gasteiger partial charge in [0, 0.05) is 23.9 Å². The monoisotopic (exact) mass is 478 g/mol. The number of hydrogen-bond acceptors (Lipinski definition) is 6. The van der Waals surface area contributed by atoms with Gasteiger partial charge in [-0.3, -0.25) is 14.5 Å².